The Balaban J connectivity index is 1.66. The molecule has 3 fully saturated rings. The molecular formula is C14H25NO4S. The summed E-state index contributed by atoms with van der Waals surface area (Å²) in [6.45, 7) is 3.59. The van der Waals surface area contributed by atoms with Crippen molar-refractivity contribution in [2.24, 2.45) is 11.8 Å². The molecule has 0 N–H and O–H groups in total. The molecule has 3 heterocycles. The highest BCUT2D eigenvalue weighted by atomic mass is 32.2. The monoisotopic (exact) mass is 303 g/mol. The van der Waals surface area contributed by atoms with E-state index in [1.54, 1.807) is 4.31 Å². The van der Waals surface area contributed by atoms with Crippen LogP contribution in [0, 0.1) is 11.8 Å². The van der Waals surface area contributed by atoms with E-state index in [9.17, 15) is 8.42 Å². The largest absolute Gasteiger partial charge is 0.381 e. The van der Waals surface area contributed by atoms with Crippen LogP contribution in [0.25, 0.3) is 0 Å². The average Bonchev–Trinajstić information content (AvgIpc) is 3.09. The van der Waals surface area contributed by atoms with Crippen LogP contribution in [-0.4, -0.2) is 57.5 Å². The zero-order valence-electron chi connectivity index (χ0n) is 12.0. The van der Waals surface area contributed by atoms with Crippen molar-refractivity contribution in [1.82, 2.24) is 4.31 Å². The molecule has 0 spiro atoms. The van der Waals surface area contributed by atoms with Crippen LogP contribution in [0.5, 0.6) is 0 Å². The van der Waals surface area contributed by atoms with Gasteiger partial charge in [0.2, 0.25) is 10.0 Å². The van der Waals surface area contributed by atoms with Gasteiger partial charge in [-0.3, -0.25) is 0 Å². The second-order valence-electron chi connectivity index (χ2n) is 6.28. The van der Waals surface area contributed by atoms with Crippen LogP contribution in [0.2, 0.25) is 0 Å². The average molecular weight is 303 g/mol. The first-order valence-electron chi connectivity index (χ1n) is 7.82. The predicted octanol–water partition coefficient (Wildman–Crippen LogP) is 1.24. The molecule has 2 atom stereocenters. The van der Waals surface area contributed by atoms with Crippen LogP contribution in [-0.2, 0) is 19.5 Å². The number of sulfonamides is 1. The molecule has 0 amide bonds. The lowest BCUT2D eigenvalue weighted by Gasteiger charge is -2.33. The lowest BCUT2D eigenvalue weighted by Crippen LogP contribution is -2.43. The Kier molecular flexibility index (Phi) is 4.65. The lowest BCUT2D eigenvalue weighted by molar-refractivity contribution is 0.0476. The first-order valence-corrected chi connectivity index (χ1v) is 9.43. The van der Waals surface area contributed by atoms with Gasteiger partial charge in [0, 0.05) is 32.4 Å². The minimum absolute atomic E-state index is 0.191. The van der Waals surface area contributed by atoms with E-state index in [2.05, 4.69) is 0 Å². The highest BCUT2D eigenvalue weighted by molar-refractivity contribution is 7.89. The maximum atomic E-state index is 12.7. The van der Waals surface area contributed by atoms with Crippen LogP contribution < -0.4 is 0 Å². The van der Waals surface area contributed by atoms with E-state index in [1.165, 1.54) is 0 Å². The maximum Gasteiger partial charge on any atom is 0.214 e. The van der Waals surface area contributed by atoms with E-state index >= 15 is 0 Å². The van der Waals surface area contributed by atoms with Gasteiger partial charge in [0.05, 0.1) is 12.4 Å². The number of hydrogen-bond donors (Lipinski definition) is 0. The molecule has 0 bridgehead atoms. The van der Waals surface area contributed by atoms with Crippen LogP contribution >= 0.6 is 0 Å². The van der Waals surface area contributed by atoms with Gasteiger partial charge >= 0.3 is 0 Å². The van der Waals surface area contributed by atoms with Crippen molar-refractivity contribution < 1.29 is 17.9 Å². The summed E-state index contributed by atoms with van der Waals surface area (Å²) in [4.78, 5) is 0. The van der Waals surface area contributed by atoms with Crippen molar-refractivity contribution in [3.05, 3.63) is 0 Å². The van der Waals surface area contributed by atoms with Gasteiger partial charge in [0.25, 0.3) is 0 Å². The second-order valence-corrected chi connectivity index (χ2v) is 8.24. The molecular weight excluding hydrogens is 278 g/mol. The summed E-state index contributed by atoms with van der Waals surface area (Å²) < 4.78 is 37.9. The molecule has 0 saturated carbocycles. The molecule has 0 aromatic carbocycles. The molecule has 0 aliphatic carbocycles. The van der Waals surface area contributed by atoms with Crippen LogP contribution in [0.3, 0.4) is 0 Å². The van der Waals surface area contributed by atoms with E-state index in [-0.39, 0.29) is 17.7 Å². The molecule has 3 rings (SSSR count). The minimum Gasteiger partial charge on any atom is -0.381 e. The van der Waals surface area contributed by atoms with E-state index < -0.39 is 10.0 Å². The fourth-order valence-electron chi connectivity index (χ4n) is 3.79. The summed E-state index contributed by atoms with van der Waals surface area (Å²) >= 11 is 0. The molecule has 0 aromatic heterocycles. The minimum atomic E-state index is -3.13. The summed E-state index contributed by atoms with van der Waals surface area (Å²) in [7, 11) is -3.13. The Bertz CT molecular complexity index is 413. The van der Waals surface area contributed by atoms with Crippen LogP contribution in [0.4, 0.5) is 0 Å². The van der Waals surface area contributed by atoms with Gasteiger partial charge in [0.15, 0.2) is 0 Å². The number of rotatable bonds is 4. The van der Waals surface area contributed by atoms with Gasteiger partial charge in [-0.05, 0) is 43.9 Å². The molecule has 3 aliphatic rings. The Labute approximate surface area is 121 Å². The number of nitrogens with zero attached hydrogens (tertiary/aromatic N) is 1. The second kappa shape index (κ2) is 6.30. The number of ether oxygens (including phenoxy) is 2. The van der Waals surface area contributed by atoms with Crippen molar-refractivity contribution in [2.75, 3.05) is 38.7 Å². The first kappa shape index (κ1) is 14.8. The predicted molar refractivity (Wildman–Crippen MR) is 76.0 cm³/mol. The first-order chi connectivity index (χ1) is 9.67. The normalized spacial score (nSPS) is 33.8. The SMILES string of the molecule is O=S(=O)(CC1CCOC1)N1CCCC1C1CCOCC1. The standard InChI is InChI=1S/C14H25NO4S/c16-20(17,11-12-3-7-19-10-12)15-6-1-2-14(15)13-4-8-18-9-5-13/h12-14H,1-11H2. The summed E-state index contributed by atoms with van der Waals surface area (Å²) in [6.07, 6.45) is 4.91. The van der Waals surface area contributed by atoms with Gasteiger partial charge in [-0.15, -0.1) is 0 Å². The fourth-order valence-corrected chi connectivity index (χ4v) is 5.94. The quantitative estimate of drug-likeness (QED) is 0.784. The zero-order valence-corrected chi connectivity index (χ0v) is 12.8. The van der Waals surface area contributed by atoms with Crippen molar-refractivity contribution in [1.29, 1.82) is 0 Å². The molecule has 3 saturated heterocycles. The summed E-state index contributed by atoms with van der Waals surface area (Å²) in [5, 5.41) is 0. The fraction of sp³-hybridized carbons (Fsp3) is 1.00. The van der Waals surface area contributed by atoms with Gasteiger partial charge in [0.1, 0.15) is 0 Å². The van der Waals surface area contributed by atoms with Gasteiger partial charge in [-0.2, -0.15) is 4.31 Å². The lowest BCUT2D eigenvalue weighted by atomic mass is 9.91. The van der Waals surface area contributed by atoms with Crippen molar-refractivity contribution >= 4 is 10.0 Å². The summed E-state index contributed by atoms with van der Waals surface area (Å²) in [5.41, 5.74) is 0. The topological polar surface area (TPSA) is 55.8 Å². The summed E-state index contributed by atoms with van der Waals surface area (Å²) in [6, 6.07) is 0.214. The Hall–Kier alpha value is -0.170. The highest BCUT2D eigenvalue weighted by Gasteiger charge is 2.40. The van der Waals surface area contributed by atoms with E-state index in [1.807, 2.05) is 0 Å². The Morgan fingerprint density at radius 1 is 1.00 bits per heavy atom. The van der Waals surface area contributed by atoms with Crippen molar-refractivity contribution in [2.45, 2.75) is 38.1 Å². The summed E-state index contributed by atoms with van der Waals surface area (Å²) in [5.74, 6) is 0.948. The molecule has 0 radical (unpaired) electrons. The van der Waals surface area contributed by atoms with Crippen molar-refractivity contribution in [3.8, 4) is 0 Å². The van der Waals surface area contributed by atoms with Gasteiger partial charge < -0.3 is 9.47 Å². The third-order valence-electron chi connectivity index (χ3n) is 4.89. The molecule has 2 unspecified atom stereocenters. The van der Waals surface area contributed by atoms with Crippen LogP contribution in [0.15, 0.2) is 0 Å². The molecule has 116 valence electrons. The van der Waals surface area contributed by atoms with Crippen LogP contribution in [0.1, 0.15) is 32.1 Å². The molecule has 0 aromatic rings. The zero-order chi connectivity index (χ0) is 14.0. The smallest absolute Gasteiger partial charge is 0.214 e. The van der Waals surface area contributed by atoms with Crippen molar-refractivity contribution in [3.63, 3.8) is 0 Å². The number of hydrogen-bond acceptors (Lipinski definition) is 4. The van der Waals surface area contributed by atoms with E-state index in [0.29, 0.717) is 25.7 Å². The Morgan fingerprint density at radius 3 is 2.45 bits per heavy atom. The third kappa shape index (κ3) is 3.18. The Morgan fingerprint density at radius 2 is 1.75 bits per heavy atom. The molecule has 5 nitrogen and oxygen atoms in total. The third-order valence-corrected chi connectivity index (χ3v) is 6.95. The molecule has 20 heavy (non-hydrogen) atoms. The van der Waals surface area contributed by atoms with E-state index in [0.717, 1.165) is 45.3 Å². The van der Waals surface area contributed by atoms with Gasteiger partial charge in [-0.25, -0.2) is 8.42 Å². The van der Waals surface area contributed by atoms with Gasteiger partial charge in [-0.1, -0.05) is 0 Å². The molecule has 6 heteroatoms. The maximum absolute atomic E-state index is 12.7. The van der Waals surface area contributed by atoms with E-state index in [4.69, 9.17) is 9.47 Å². The highest BCUT2D eigenvalue weighted by Crippen LogP contribution is 2.33. The molecule has 3 aliphatic heterocycles.